The van der Waals surface area contributed by atoms with E-state index in [9.17, 15) is 0 Å². The van der Waals surface area contributed by atoms with Crippen molar-refractivity contribution >= 4 is 11.0 Å². The number of nitrogens with zero attached hydrogens (tertiary/aromatic N) is 2. The van der Waals surface area contributed by atoms with Crippen molar-refractivity contribution in [1.29, 1.82) is 0 Å². The van der Waals surface area contributed by atoms with Crippen molar-refractivity contribution < 1.29 is 9.11 Å². The molecule has 0 fully saturated rings. The van der Waals surface area contributed by atoms with E-state index in [2.05, 4.69) is 4.98 Å². The maximum Gasteiger partial charge on any atom is 0.115 e. The Morgan fingerprint density at radius 3 is 2.44 bits per heavy atom. The lowest BCUT2D eigenvalue weighted by Gasteiger charge is -2.26. The Morgan fingerprint density at radius 2 is 2.22 bits per heavy atom. The summed E-state index contributed by atoms with van der Waals surface area (Å²) in [5.74, 6) is 0. The maximum atomic E-state index is 8.72. The van der Waals surface area contributed by atoms with Crippen LogP contribution in [0.4, 0.5) is 0 Å². The normalized spacial score (nSPS) is 13.7. The summed E-state index contributed by atoms with van der Waals surface area (Å²) in [5.41, 5.74) is 0. The molecule has 0 amide bonds. The Labute approximate surface area is 53.7 Å². The Morgan fingerprint density at radius 1 is 1.56 bits per heavy atom. The van der Waals surface area contributed by atoms with E-state index in [1.807, 2.05) is 0 Å². The van der Waals surface area contributed by atoms with Gasteiger partial charge in [-0.1, -0.05) is 11.0 Å². The summed E-state index contributed by atoms with van der Waals surface area (Å²) >= 11 is 0. The average Bonchev–Trinajstić information content (AvgIpc) is 2.08. The molecule has 0 radical (unpaired) electrons. The standard InChI is InChI=1S/C3H7N3O2S/c4-9(7,8)6-2-1-5-3-6/h1-3,7-8H,4H2. The average molecular weight is 149 g/mol. The molecule has 0 unspecified atom stereocenters. The van der Waals surface area contributed by atoms with Crippen LogP contribution >= 0.6 is 11.0 Å². The highest BCUT2D eigenvalue weighted by atomic mass is 32.3. The van der Waals surface area contributed by atoms with E-state index in [0.29, 0.717) is 0 Å². The Bertz CT molecular complexity index is 179. The first-order valence-electron chi connectivity index (χ1n) is 2.15. The molecule has 0 aliphatic heterocycles. The van der Waals surface area contributed by atoms with Crippen molar-refractivity contribution in [2.75, 3.05) is 0 Å². The zero-order valence-electron chi connectivity index (χ0n) is 4.51. The summed E-state index contributed by atoms with van der Waals surface area (Å²) in [7, 11) is -3.11. The van der Waals surface area contributed by atoms with E-state index >= 15 is 0 Å². The van der Waals surface area contributed by atoms with E-state index < -0.39 is 11.0 Å². The van der Waals surface area contributed by atoms with Crippen molar-refractivity contribution in [2.45, 2.75) is 0 Å². The fourth-order valence-corrected chi connectivity index (χ4v) is 0.833. The smallest absolute Gasteiger partial charge is 0.115 e. The summed E-state index contributed by atoms with van der Waals surface area (Å²) in [6, 6.07) is 0. The quantitative estimate of drug-likeness (QED) is 0.535. The largest absolute Gasteiger partial charge is 0.268 e. The van der Waals surface area contributed by atoms with Gasteiger partial charge in [0.15, 0.2) is 0 Å². The van der Waals surface area contributed by atoms with Crippen LogP contribution in [0.25, 0.3) is 0 Å². The van der Waals surface area contributed by atoms with Gasteiger partial charge in [-0.15, -0.1) is 0 Å². The van der Waals surface area contributed by atoms with Crippen LogP contribution in [0.2, 0.25) is 0 Å². The van der Waals surface area contributed by atoms with Gasteiger partial charge in [0.2, 0.25) is 0 Å². The highest BCUT2D eigenvalue weighted by Gasteiger charge is 2.03. The van der Waals surface area contributed by atoms with Gasteiger partial charge in [0.05, 0.1) is 0 Å². The first kappa shape index (κ1) is 6.56. The second kappa shape index (κ2) is 1.99. The van der Waals surface area contributed by atoms with E-state index in [-0.39, 0.29) is 0 Å². The van der Waals surface area contributed by atoms with Crippen molar-refractivity contribution in [3.05, 3.63) is 18.7 Å². The molecule has 1 rings (SSSR count). The van der Waals surface area contributed by atoms with Gasteiger partial charge in [-0.25, -0.2) is 14.1 Å². The minimum atomic E-state index is -3.11. The van der Waals surface area contributed by atoms with E-state index in [4.69, 9.17) is 14.2 Å². The Balaban J connectivity index is 2.90. The van der Waals surface area contributed by atoms with Crippen LogP contribution < -0.4 is 5.14 Å². The molecule has 9 heavy (non-hydrogen) atoms. The number of aromatic nitrogens is 2. The van der Waals surface area contributed by atoms with E-state index in [1.165, 1.54) is 18.7 Å². The van der Waals surface area contributed by atoms with Crippen LogP contribution in [-0.2, 0) is 0 Å². The van der Waals surface area contributed by atoms with Crippen molar-refractivity contribution in [3.8, 4) is 0 Å². The molecule has 0 spiro atoms. The molecule has 0 bridgehead atoms. The third kappa shape index (κ3) is 1.42. The number of hydrogen-bond donors (Lipinski definition) is 3. The number of rotatable bonds is 1. The third-order valence-corrected chi connectivity index (χ3v) is 1.63. The lowest BCUT2D eigenvalue weighted by atomic mass is 11.0. The second-order valence-electron chi connectivity index (χ2n) is 1.48. The van der Waals surface area contributed by atoms with Crippen LogP contribution in [-0.4, -0.2) is 18.1 Å². The Hall–Kier alpha value is -0.560. The van der Waals surface area contributed by atoms with Crippen LogP contribution in [0.3, 0.4) is 0 Å². The molecular formula is C3H7N3O2S. The highest BCUT2D eigenvalue weighted by molar-refractivity contribution is 8.21. The number of hydrogen-bond acceptors (Lipinski definition) is 4. The third-order valence-electron chi connectivity index (χ3n) is 0.790. The van der Waals surface area contributed by atoms with Crippen LogP contribution in [0.15, 0.2) is 18.7 Å². The molecule has 0 aromatic carbocycles. The topological polar surface area (TPSA) is 84.3 Å². The SMILES string of the molecule is NS(O)(O)n1ccnc1. The van der Waals surface area contributed by atoms with E-state index in [0.717, 1.165) is 3.97 Å². The first-order chi connectivity index (χ1) is 4.11. The summed E-state index contributed by atoms with van der Waals surface area (Å²) in [4.78, 5) is 3.57. The van der Waals surface area contributed by atoms with Gasteiger partial charge in [0.1, 0.15) is 6.33 Å². The van der Waals surface area contributed by atoms with Gasteiger partial charge >= 0.3 is 0 Å². The predicted octanol–water partition coefficient (Wildman–Crippen LogP) is 0.270. The monoisotopic (exact) mass is 149 g/mol. The van der Waals surface area contributed by atoms with Gasteiger partial charge in [0, 0.05) is 12.4 Å². The molecule has 0 atom stereocenters. The zero-order valence-corrected chi connectivity index (χ0v) is 5.32. The number of imidazole rings is 1. The molecular weight excluding hydrogens is 142 g/mol. The van der Waals surface area contributed by atoms with Crippen molar-refractivity contribution in [1.82, 2.24) is 8.96 Å². The highest BCUT2D eigenvalue weighted by Crippen LogP contribution is 2.28. The van der Waals surface area contributed by atoms with Gasteiger partial charge in [0.25, 0.3) is 0 Å². The summed E-state index contributed by atoms with van der Waals surface area (Å²) < 4.78 is 18.5. The van der Waals surface area contributed by atoms with Crippen molar-refractivity contribution in [3.63, 3.8) is 0 Å². The van der Waals surface area contributed by atoms with Crippen LogP contribution in [0.1, 0.15) is 0 Å². The van der Waals surface area contributed by atoms with Crippen LogP contribution in [0.5, 0.6) is 0 Å². The minimum absolute atomic E-state index is 1.05. The Kier molecular flexibility index (Phi) is 1.45. The molecule has 4 N–H and O–H groups in total. The van der Waals surface area contributed by atoms with Crippen LogP contribution in [0, 0.1) is 0 Å². The molecule has 0 saturated heterocycles. The molecule has 0 aliphatic carbocycles. The lowest BCUT2D eigenvalue weighted by Crippen LogP contribution is -2.15. The molecule has 5 nitrogen and oxygen atoms in total. The minimum Gasteiger partial charge on any atom is -0.268 e. The second-order valence-corrected chi connectivity index (χ2v) is 3.03. The molecule has 1 heterocycles. The maximum absolute atomic E-state index is 8.72. The number of nitrogens with two attached hydrogens (primary N) is 1. The van der Waals surface area contributed by atoms with Gasteiger partial charge in [-0.2, -0.15) is 0 Å². The van der Waals surface area contributed by atoms with Gasteiger partial charge in [-0.3, -0.25) is 9.11 Å². The fourth-order valence-electron chi connectivity index (χ4n) is 0.406. The summed E-state index contributed by atoms with van der Waals surface area (Å²) in [6.07, 6.45) is 4.05. The van der Waals surface area contributed by atoms with Gasteiger partial charge in [-0.05, 0) is 0 Å². The molecule has 6 heteroatoms. The molecule has 52 valence electrons. The van der Waals surface area contributed by atoms with Gasteiger partial charge < -0.3 is 0 Å². The zero-order chi connectivity index (χ0) is 6.91. The van der Waals surface area contributed by atoms with E-state index in [1.54, 1.807) is 0 Å². The summed E-state index contributed by atoms with van der Waals surface area (Å²) in [6.45, 7) is 0. The summed E-state index contributed by atoms with van der Waals surface area (Å²) in [5, 5.41) is 4.92. The fraction of sp³-hybridized carbons (Fsp3) is 0. The molecule has 0 aliphatic rings. The lowest BCUT2D eigenvalue weighted by molar-refractivity contribution is 0.477. The van der Waals surface area contributed by atoms with Crippen molar-refractivity contribution in [2.24, 2.45) is 5.14 Å². The molecule has 1 aromatic heterocycles. The molecule has 1 aromatic rings. The predicted molar refractivity (Wildman–Crippen MR) is 34.7 cm³/mol. The first-order valence-corrected chi connectivity index (χ1v) is 3.72. The molecule has 0 saturated carbocycles.